The fourth-order valence-corrected chi connectivity index (χ4v) is 3.69. The molecule has 0 atom stereocenters. The number of para-hydroxylation sites is 1. The van der Waals surface area contributed by atoms with Gasteiger partial charge < -0.3 is 14.0 Å². The van der Waals surface area contributed by atoms with Crippen LogP contribution in [-0.4, -0.2) is 30.2 Å². The van der Waals surface area contributed by atoms with E-state index in [0.29, 0.717) is 29.3 Å². The van der Waals surface area contributed by atoms with E-state index in [1.165, 1.54) is 18.4 Å². The minimum absolute atomic E-state index is 0.210. The van der Waals surface area contributed by atoms with Crippen molar-refractivity contribution in [2.24, 2.45) is 4.99 Å². The molecule has 0 aliphatic heterocycles. The van der Waals surface area contributed by atoms with Crippen molar-refractivity contribution >= 4 is 33.4 Å². The van der Waals surface area contributed by atoms with Gasteiger partial charge in [-0.05, 0) is 43.3 Å². The Bertz CT molecular complexity index is 1020. The average Bonchev–Trinajstić information content (AvgIpc) is 3.03. The molecule has 140 valence electrons. The SMILES string of the molecule is CCOc1ccc(C(=O)N=c2sc3ccccc3n2CCC(=O)OC)cc1. The van der Waals surface area contributed by atoms with Crippen LogP contribution < -0.4 is 9.54 Å². The molecule has 0 saturated carbocycles. The highest BCUT2D eigenvalue weighted by Crippen LogP contribution is 2.18. The Morgan fingerprint density at radius 3 is 2.56 bits per heavy atom. The number of carbonyl (C=O) groups is 2. The summed E-state index contributed by atoms with van der Waals surface area (Å²) in [6.07, 6.45) is 0.210. The van der Waals surface area contributed by atoms with Crippen LogP contribution in [0.15, 0.2) is 53.5 Å². The minimum atomic E-state index is -0.337. The summed E-state index contributed by atoms with van der Waals surface area (Å²) >= 11 is 1.42. The van der Waals surface area contributed by atoms with Crippen LogP contribution in [0.4, 0.5) is 0 Å². The van der Waals surface area contributed by atoms with Crippen LogP contribution in [0, 0.1) is 0 Å². The van der Waals surface area contributed by atoms with Crippen molar-refractivity contribution in [2.45, 2.75) is 19.9 Å². The molecule has 0 bridgehead atoms. The summed E-state index contributed by atoms with van der Waals surface area (Å²) in [6.45, 7) is 2.87. The monoisotopic (exact) mass is 384 g/mol. The van der Waals surface area contributed by atoms with Crippen LogP contribution in [0.25, 0.3) is 10.2 Å². The summed E-state index contributed by atoms with van der Waals surface area (Å²) in [5.41, 5.74) is 1.42. The number of aromatic nitrogens is 1. The third-order valence-corrected chi connectivity index (χ3v) is 5.02. The number of aryl methyl sites for hydroxylation is 1. The van der Waals surface area contributed by atoms with Gasteiger partial charge in [-0.25, -0.2) is 0 Å². The Morgan fingerprint density at radius 1 is 1.11 bits per heavy atom. The van der Waals surface area contributed by atoms with Crippen molar-refractivity contribution in [2.75, 3.05) is 13.7 Å². The van der Waals surface area contributed by atoms with Gasteiger partial charge in [-0.3, -0.25) is 9.59 Å². The summed E-state index contributed by atoms with van der Waals surface area (Å²) in [6, 6.07) is 14.7. The van der Waals surface area contributed by atoms with Gasteiger partial charge in [0.25, 0.3) is 5.91 Å². The van der Waals surface area contributed by atoms with Crippen molar-refractivity contribution in [1.82, 2.24) is 4.57 Å². The molecule has 0 N–H and O–H groups in total. The number of carbonyl (C=O) groups excluding carboxylic acids is 2. The molecule has 0 spiro atoms. The molecule has 0 aliphatic rings. The van der Waals surface area contributed by atoms with Gasteiger partial charge in [0.1, 0.15) is 5.75 Å². The van der Waals surface area contributed by atoms with E-state index in [1.54, 1.807) is 24.3 Å². The van der Waals surface area contributed by atoms with Crippen LogP contribution in [0.1, 0.15) is 23.7 Å². The van der Waals surface area contributed by atoms with Gasteiger partial charge in [0.05, 0.1) is 30.4 Å². The molecule has 27 heavy (non-hydrogen) atoms. The van der Waals surface area contributed by atoms with E-state index >= 15 is 0 Å². The molecule has 0 fully saturated rings. The molecule has 0 saturated heterocycles. The number of fused-ring (bicyclic) bond motifs is 1. The van der Waals surface area contributed by atoms with Crippen molar-refractivity contribution in [1.29, 1.82) is 0 Å². The fourth-order valence-electron chi connectivity index (χ4n) is 2.64. The third-order valence-electron chi connectivity index (χ3n) is 3.96. The lowest BCUT2D eigenvalue weighted by Crippen LogP contribution is -2.19. The van der Waals surface area contributed by atoms with E-state index in [0.717, 1.165) is 10.2 Å². The smallest absolute Gasteiger partial charge is 0.307 e. The Hall–Kier alpha value is -2.93. The molecule has 3 aromatic rings. The van der Waals surface area contributed by atoms with E-state index in [-0.39, 0.29) is 18.3 Å². The number of methoxy groups -OCH3 is 1. The Morgan fingerprint density at radius 2 is 1.85 bits per heavy atom. The van der Waals surface area contributed by atoms with Crippen molar-refractivity contribution in [3.8, 4) is 5.75 Å². The van der Waals surface area contributed by atoms with Gasteiger partial charge in [0.2, 0.25) is 0 Å². The van der Waals surface area contributed by atoms with Crippen molar-refractivity contribution in [3.63, 3.8) is 0 Å². The second-order valence-electron chi connectivity index (χ2n) is 5.70. The highest BCUT2D eigenvalue weighted by molar-refractivity contribution is 7.16. The quantitative estimate of drug-likeness (QED) is 0.611. The first-order chi connectivity index (χ1) is 13.1. The number of benzene rings is 2. The number of amides is 1. The van der Waals surface area contributed by atoms with Crippen LogP contribution >= 0.6 is 11.3 Å². The van der Waals surface area contributed by atoms with Crippen LogP contribution in [0.3, 0.4) is 0 Å². The maximum Gasteiger partial charge on any atom is 0.307 e. The number of nitrogens with zero attached hydrogens (tertiary/aromatic N) is 2. The zero-order chi connectivity index (χ0) is 19.2. The van der Waals surface area contributed by atoms with E-state index in [4.69, 9.17) is 9.47 Å². The van der Waals surface area contributed by atoms with E-state index in [2.05, 4.69) is 4.99 Å². The maximum absolute atomic E-state index is 12.6. The zero-order valence-electron chi connectivity index (χ0n) is 15.2. The predicted molar refractivity (Wildman–Crippen MR) is 104 cm³/mol. The summed E-state index contributed by atoms with van der Waals surface area (Å²) in [5, 5.41) is 0. The second kappa shape index (κ2) is 8.64. The van der Waals surface area contributed by atoms with Crippen molar-refractivity contribution < 1.29 is 19.1 Å². The van der Waals surface area contributed by atoms with Crippen LogP contribution in [0.2, 0.25) is 0 Å². The number of thiazole rings is 1. The number of rotatable bonds is 6. The normalized spacial score (nSPS) is 11.6. The summed E-state index contributed by atoms with van der Waals surface area (Å²) in [4.78, 5) is 29.0. The molecule has 3 rings (SSSR count). The Kier molecular flexibility index (Phi) is 6.03. The summed E-state index contributed by atoms with van der Waals surface area (Å²) in [7, 11) is 1.36. The largest absolute Gasteiger partial charge is 0.494 e. The average molecular weight is 384 g/mol. The molecule has 1 aromatic heterocycles. The maximum atomic E-state index is 12.6. The lowest BCUT2D eigenvalue weighted by atomic mass is 10.2. The lowest BCUT2D eigenvalue weighted by molar-refractivity contribution is -0.140. The molecule has 1 heterocycles. The molecular formula is C20H20N2O4S. The van der Waals surface area contributed by atoms with Gasteiger partial charge in [-0.2, -0.15) is 4.99 Å². The highest BCUT2D eigenvalue weighted by Gasteiger charge is 2.11. The van der Waals surface area contributed by atoms with Gasteiger partial charge in [0, 0.05) is 12.1 Å². The van der Waals surface area contributed by atoms with Crippen molar-refractivity contribution in [3.05, 3.63) is 58.9 Å². The van der Waals surface area contributed by atoms with E-state index in [9.17, 15) is 9.59 Å². The zero-order valence-corrected chi connectivity index (χ0v) is 16.0. The second-order valence-corrected chi connectivity index (χ2v) is 6.71. The van der Waals surface area contributed by atoms with Crippen LogP contribution in [0.5, 0.6) is 5.75 Å². The standard InChI is InChI=1S/C20H20N2O4S/c1-3-26-15-10-8-14(9-11-15)19(24)21-20-22(13-12-18(23)25-2)16-6-4-5-7-17(16)27-20/h4-11H,3,12-13H2,1-2H3. The first-order valence-corrected chi connectivity index (χ1v) is 9.41. The van der Waals surface area contributed by atoms with Gasteiger partial charge >= 0.3 is 5.97 Å². The number of hydrogen-bond acceptors (Lipinski definition) is 5. The van der Waals surface area contributed by atoms with E-state index < -0.39 is 0 Å². The third kappa shape index (κ3) is 4.43. The Labute approximate surface area is 160 Å². The predicted octanol–water partition coefficient (Wildman–Crippen LogP) is 3.41. The number of ether oxygens (including phenoxy) is 2. The topological polar surface area (TPSA) is 69.9 Å². The number of esters is 1. The van der Waals surface area contributed by atoms with Crippen LogP contribution in [-0.2, 0) is 16.1 Å². The molecular weight excluding hydrogens is 364 g/mol. The Balaban J connectivity index is 1.96. The first kappa shape index (κ1) is 18.8. The first-order valence-electron chi connectivity index (χ1n) is 8.59. The number of hydrogen-bond donors (Lipinski definition) is 0. The highest BCUT2D eigenvalue weighted by atomic mass is 32.1. The lowest BCUT2D eigenvalue weighted by Gasteiger charge is -2.04. The van der Waals surface area contributed by atoms with Gasteiger partial charge in [-0.1, -0.05) is 23.5 Å². The molecule has 0 unspecified atom stereocenters. The summed E-state index contributed by atoms with van der Waals surface area (Å²) < 4.78 is 13.0. The van der Waals surface area contributed by atoms with E-state index in [1.807, 2.05) is 35.8 Å². The molecule has 1 amide bonds. The van der Waals surface area contributed by atoms with Gasteiger partial charge in [-0.15, -0.1) is 0 Å². The molecule has 0 aliphatic carbocycles. The minimum Gasteiger partial charge on any atom is -0.494 e. The van der Waals surface area contributed by atoms with Gasteiger partial charge in [0.15, 0.2) is 4.80 Å². The molecule has 6 nitrogen and oxygen atoms in total. The molecule has 2 aromatic carbocycles. The molecule has 7 heteroatoms. The molecule has 0 radical (unpaired) electrons. The summed E-state index contributed by atoms with van der Waals surface area (Å²) in [5.74, 6) is 0.0713. The fraction of sp³-hybridized carbons (Fsp3) is 0.250.